The number of thiazole rings is 1. The zero-order valence-corrected chi connectivity index (χ0v) is 15.0. The molecular formula is C17H28N4OS. The molecule has 3 rings (SSSR count). The van der Waals surface area contributed by atoms with Crippen LogP contribution >= 0.6 is 11.3 Å². The number of carbonyl (C=O) groups excluding carboxylic acids is 1. The second-order valence-corrected chi connectivity index (χ2v) is 8.15. The summed E-state index contributed by atoms with van der Waals surface area (Å²) >= 11 is 1.71. The third-order valence-electron chi connectivity index (χ3n) is 5.27. The van der Waals surface area contributed by atoms with Crippen LogP contribution in [0.15, 0.2) is 5.38 Å². The van der Waals surface area contributed by atoms with Gasteiger partial charge in [0.1, 0.15) is 0 Å². The molecule has 3 heterocycles. The quantitative estimate of drug-likeness (QED) is 0.912. The predicted octanol–water partition coefficient (Wildman–Crippen LogP) is 1.86. The number of hydrogen-bond donors (Lipinski definition) is 1. The molecule has 0 saturated carbocycles. The summed E-state index contributed by atoms with van der Waals surface area (Å²) < 4.78 is 0. The van der Waals surface area contributed by atoms with Crippen LogP contribution in [0.1, 0.15) is 36.9 Å². The Morgan fingerprint density at radius 2 is 2.17 bits per heavy atom. The topological polar surface area (TPSA) is 62.5 Å². The van der Waals surface area contributed by atoms with Gasteiger partial charge in [0.2, 0.25) is 5.91 Å². The molecule has 0 aliphatic carbocycles. The van der Waals surface area contributed by atoms with Crippen LogP contribution < -0.4 is 5.73 Å². The van der Waals surface area contributed by atoms with Crippen LogP contribution in [0.5, 0.6) is 0 Å². The van der Waals surface area contributed by atoms with Crippen molar-refractivity contribution >= 4 is 17.2 Å². The highest BCUT2D eigenvalue weighted by molar-refractivity contribution is 7.09. The third-order valence-corrected chi connectivity index (χ3v) is 6.09. The number of nitrogens with two attached hydrogens (primary N) is 1. The Kier molecular flexibility index (Phi) is 5.34. The van der Waals surface area contributed by atoms with Gasteiger partial charge in [-0.1, -0.05) is 0 Å². The molecule has 2 unspecified atom stereocenters. The van der Waals surface area contributed by atoms with E-state index in [4.69, 9.17) is 5.73 Å². The Morgan fingerprint density at radius 3 is 2.74 bits per heavy atom. The fourth-order valence-electron chi connectivity index (χ4n) is 3.90. The van der Waals surface area contributed by atoms with Gasteiger partial charge in [-0.15, -0.1) is 11.3 Å². The van der Waals surface area contributed by atoms with Gasteiger partial charge in [-0.25, -0.2) is 4.98 Å². The van der Waals surface area contributed by atoms with Gasteiger partial charge in [-0.05, 0) is 58.7 Å². The van der Waals surface area contributed by atoms with Crippen LogP contribution in [0.2, 0.25) is 0 Å². The maximum Gasteiger partial charge on any atom is 0.226 e. The van der Waals surface area contributed by atoms with Crippen molar-refractivity contribution in [3.05, 3.63) is 16.1 Å². The minimum Gasteiger partial charge on any atom is -0.339 e. The van der Waals surface area contributed by atoms with E-state index in [0.717, 1.165) is 56.1 Å². The number of aryl methyl sites for hydroxylation is 1. The summed E-state index contributed by atoms with van der Waals surface area (Å²) in [7, 11) is 0. The van der Waals surface area contributed by atoms with E-state index in [9.17, 15) is 4.79 Å². The summed E-state index contributed by atoms with van der Waals surface area (Å²) in [6.07, 6.45) is 3.00. The van der Waals surface area contributed by atoms with Gasteiger partial charge in [0.25, 0.3) is 0 Å². The first-order chi connectivity index (χ1) is 11.1. The molecule has 6 heteroatoms. The minimum absolute atomic E-state index is 0.197. The molecular weight excluding hydrogens is 308 g/mol. The Labute approximate surface area is 142 Å². The molecule has 2 aliphatic heterocycles. The first-order valence-corrected chi connectivity index (χ1v) is 9.58. The first kappa shape index (κ1) is 16.9. The molecule has 128 valence electrons. The van der Waals surface area contributed by atoms with E-state index < -0.39 is 0 Å². The number of aromatic nitrogens is 1. The van der Waals surface area contributed by atoms with Gasteiger partial charge in [-0.3, -0.25) is 9.69 Å². The molecule has 0 radical (unpaired) electrons. The maximum absolute atomic E-state index is 12.8. The molecule has 2 atom stereocenters. The molecule has 1 aromatic heterocycles. The molecule has 2 saturated heterocycles. The van der Waals surface area contributed by atoms with Crippen molar-refractivity contribution in [2.45, 2.75) is 45.7 Å². The van der Waals surface area contributed by atoms with Crippen molar-refractivity contribution in [2.75, 3.05) is 26.2 Å². The molecule has 2 N–H and O–H groups in total. The summed E-state index contributed by atoms with van der Waals surface area (Å²) in [5, 5.41) is 3.27. The molecule has 2 fully saturated rings. The van der Waals surface area contributed by atoms with E-state index in [0.29, 0.717) is 24.4 Å². The SMILES string of the molecule is Cc1nc(CN2CCC(C(=O)N3CC(CN)CC3C)CC2)cs1. The molecule has 1 aromatic rings. The Balaban J connectivity index is 1.49. The van der Waals surface area contributed by atoms with Crippen molar-refractivity contribution in [2.24, 2.45) is 17.6 Å². The van der Waals surface area contributed by atoms with Gasteiger partial charge in [0.15, 0.2) is 0 Å². The number of hydrogen-bond acceptors (Lipinski definition) is 5. The lowest BCUT2D eigenvalue weighted by Crippen LogP contribution is -2.43. The fraction of sp³-hybridized carbons (Fsp3) is 0.765. The minimum atomic E-state index is 0.197. The van der Waals surface area contributed by atoms with Crippen molar-refractivity contribution < 1.29 is 4.79 Å². The lowest BCUT2D eigenvalue weighted by Gasteiger charge is -2.34. The number of nitrogens with zero attached hydrogens (tertiary/aromatic N) is 3. The van der Waals surface area contributed by atoms with Gasteiger partial charge < -0.3 is 10.6 Å². The monoisotopic (exact) mass is 336 g/mol. The predicted molar refractivity (Wildman–Crippen MR) is 93.2 cm³/mol. The largest absolute Gasteiger partial charge is 0.339 e. The smallest absolute Gasteiger partial charge is 0.226 e. The van der Waals surface area contributed by atoms with E-state index in [-0.39, 0.29) is 5.92 Å². The zero-order chi connectivity index (χ0) is 16.4. The van der Waals surface area contributed by atoms with Crippen LogP contribution in [-0.2, 0) is 11.3 Å². The van der Waals surface area contributed by atoms with Crippen molar-refractivity contribution in [1.29, 1.82) is 0 Å². The Hall–Kier alpha value is -0.980. The first-order valence-electron chi connectivity index (χ1n) is 8.70. The van der Waals surface area contributed by atoms with Crippen molar-refractivity contribution in [3.63, 3.8) is 0 Å². The number of piperidine rings is 1. The normalized spacial score (nSPS) is 26.8. The lowest BCUT2D eigenvalue weighted by molar-refractivity contribution is -0.137. The number of rotatable bonds is 4. The molecule has 0 bridgehead atoms. The van der Waals surface area contributed by atoms with Crippen LogP contribution in [0, 0.1) is 18.8 Å². The highest BCUT2D eigenvalue weighted by Crippen LogP contribution is 2.28. The standard InChI is InChI=1S/C17H28N4OS/c1-12-7-14(8-18)9-21(12)17(22)15-3-5-20(6-4-15)10-16-11-23-13(2)19-16/h11-12,14-15H,3-10,18H2,1-2H3. The van der Waals surface area contributed by atoms with Crippen LogP contribution in [0.3, 0.4) is 0 Å². The van der Waals surface area contributed by atoms with E-state index in [1.807, 2.05) is 6.92 Å². The van der Waals surface area contributed by atoms with E-state index in [1.54, 1.807) is 11.3 Å². The summed E-state index contributed by atoms with van der Waals surface area (Å²) in [5.41, 5.74) is 6.94. The van der Waals surface area contributed by atoms with Gasteiger partial charge >= 0.3 is 0 Å². The number of amides is 1. The Morgan fingerprint density at radius 1 is 1.43 bits per heavy atom. The molecule has 0 spiro atoms. The molecule has 0 aromatic carbocycles. The van der Waals surface area contributed by atoms with Crippen LogP contribution in [-0.4, -0.2) is 52.9 Å². The average molecular weight is 337 g/mol. The second-order valence-electron chi connectivity index (χ2n) is 7.09. The fourth-order valence-corrected chi connectivity index (χ4v) is 4.51. The number of carbonyl (C=O) groups is 1. The third kappa shape index (κ3) is 3.92. The average Bonchev–Trinajstić information content (AvgIpc) is 3.13. The summed E-state index contributed by atoms with van der Waals surface area (Å²) in [6, 6.07) is 0.354. The van der Waals surface area contributed by atoms with E-state index >= 15 is 0 Å². The van der Waals surface area contributed by atoms with Gasteiger partial charge in [0, 0.05) is 30.4 Å². The number of likely N-dealkylation sites (tertiary alicyclic amines) is 2. The Bertz CT molecular complexity index is 538. The molecule has 23 heavy (non-hydrogen) atoms. The van der Waals surface area contributed by atoms with Crippen LogP contribution in [0.25, 0.3) is 0 Å². The van der Waals surface area contributed by atoms with Gasteiger partial charge in [-0.2, -0.15) is 0 Å². The highest BCUT2D eigenvalue weighted by atomic mass is 32.1. The van der Waals surface area contributed by atoms with E-state index in [1.165, 1.54) is 0 Å². The summed E-state index contributed by atoms with van der Waals surface area (Å²) in [4.78, 5) is 21.8. The lowest BCUT2D eigenvalue weighted by atomic mass is 9.95. The summed E-state index contributed by atoms with van der Waals surface area (Å²) in [6.45, 7) is 8.66. The maximum atomic E-state index is 12.8. The molecule has 2 aliphatic rings. The summed E-state index contributed by atoms with van der Waals surface area (Å²) in [5.74, 6) is 1.04. The van der Waals surface area contributed by atoms with E-state index in [2.05, 4.69) is 27.1 Å². The zero-order valence-electron chi connectivity index (χ0n) is 14.2. The molecule has 5 nitrogen and oxygen atoms in total. The van der Waals surface area contributed by atoms with Crippen LogP contribution in [0.4, 0.5) is 0 Å². The van der Waals surface area contributed by atoms with Gasteiger partial charge in [0.05, 0.1) is 10.7 Å². The second kappa shape index (κ2) is 7.28. The van der Waals surface area contributed by atoms with Crippen molar-refractivity contribution in [3.8, 4) is 0 Å². The highest BCUT2D eigenvalue weighted by Gasteiger charge is 2.36. The molecule has 1 amide bonds. The van der Waals surface area contributed by atoms with Crippen molar-refractivity contribution in [1.82, 2.24) is 14.8 Å².